The molecule has 4 amide bonds. The summed E-state index contributed by atoms with van der Waals surface area (Å²) >= 11 is 0. The summed E-state index contributed by atoms with van der Waals surface area (Å²) in [6.07, 6.45) is -1.03. The van der Waals surface area contributed by atoms with Crippen LogP contribution in [0.15, 0.2) is 78.9 Å². The highest BCUT2D eigenvalue weighted by Crippen LogP contribution is 2.41. The van der Waals surface area contributed by atoms with Gasteiger partial charge >= 0.3 is 12.1 Å². The topological polar surface area (TPSA) is 94.6 Å². The van der Waals surface area contributed by atoms with E-state index in [2.05, 4.69) is 5.32 Å². The number of nitrogens with zero attached hydrogens (tertiary/aromatic N) is 3. The van der Waals surface area contributed by atoms with E-state index in [-0.39, 0.29) is 12.6 Å². The second-order valence-corrected chi connectivity index (χ2v) is 8.89. The van der Waals surface area contributed by atoms with Gasteiger partial charge in [-0.25, -0.2) is 9.59 Å². The Morgan fingerprint density at radius 2 is 1.61 bits per heavy atom. The minimum atomic E-state index is -1.03. The number of rotatable bonds is 7. The minimum absolute atomic E-state index is 0.167. The number of ether oxygens (including phenoxy) is 2. The zero-order valence-electron chi connectivity index (χ0n) is 20.7. The van der Waals surface area contributed by atoms with E-state index in [0.717, 1.165) is 5.56 Å². The number of hydroxylamine groups is 2. The molecule has 9 heteroatoms. The van der Waals surface area contributed by atoms with Crippen LogP contribution in [0, 0.1) is 0 Å². The number of amides is 4. The van der Waals surface area contributed by atoms with Crippen LogP contribution in [-0.2, 0) is 6.54 Å². The zero-order valence-corrected chi connectivity index (χ0v) is 20.7. The number of anilines is 2. The van der Waals surface area contributed by atoms with Crippen molar-refractivity contribution in [2.24, 2.45) is 0 Å². The normalized spacial score (nSPS) is 16.6. The fourth-order valence-corrected chi connectivity index (χ4v) is 4.52. The summed E-state index contributed by atoms with van der Waals surface area (Å²) in [7, 11) is 3.09. The molecule has 1 atom stereocenters. The van der Waals surface area contributed by atoms with Crippen LogP contribution in [0.5, 0.6) is 11.5 Å². The van der Waals surface area contributed by atoms with Gasteiger partial charge in [0.1, 0.15) is 0 Å². The number of para-hydroxylation sites is 3. The Bertz CT molecular complexity index is 1220. The van der Waals surface area contributed by atoms with E-state index in [1.165, 1.54) is 4.90 Å². The van der Waals surface area contributed by atoms with Crippen molar-refractivity contribution in [1.82, 2.24) is 9.96 Å². The van der Waals surface area contributed by atoms with Gasteiger partial charge in [-0.05, 0) is 44.2 Å². The Labute approximate surface area is 210 Å². The van der Waals surface area contributed by atoms with Gasteiger partial charge in [0.15, 0.2) is 17.7 Å². The van der Waals surface area contributed by atoms with Crippen molar-refractivity contribution in [1.29, 1.82) is 0 Å². The van der Waals surface area contributed by atoms with E-state index in [4.69, 9.17) is 9.47 Å². The first kappa shape index (κ1) is 24.9. The van der Waals surface area contributed by atoms with Gasteiger partial charge in [0.05, 0.1) is 26.3 Å². The summed E-state index contributed by atoms with van der Waals surface area (Å²) in [5.41, 5.74) is 0.786. The number of hydrogen-bond donors (Lipinski definition) is 2. The average molecular weight is 491 g/mol. The van der Waals surface area contributed by atoms with E-state index in [1.54, 1.807) is 73.7 Å². The molecule has 0 spiro atoms. The van der Waals surface area contributed by atoms with Crippen molar-refractivity contribution in [2.45, 2.75) is 32.1 Å². The van der Waals surface area contributed by atoms with Crippen molar-refractivity contribution in [3.63, 3.8) is 0 Å². The molecule has 0 aliphatic carbocycles. The third-order valence-electron chi connectivity index (χ3n) is 6.32. The van der Waals surface area contributed by atoms with Gasteiger partial charge in [0.2, 0.25) is 0 Å². The van der Waals surface area contributed by atoms with Crippen molar-refractivity contribution >= 4 is 23.4 Å². The second-order valence-electron chi connectivity index (χ2n) is 8.89. The maximum absolute atomic E-state index is 13.9. The van der Waals surface area contributed by atoms with E-state index < -0.39 is 17.7 Å². The van der Waals surface area contributed by atoms with Gasteiger partial charge in [-0.15, -0.1) is 0 Å². The molecule has 1 saturated heterocycles. The average Bonchev–Trinajstić information content (AvgIpc) is 3.09. The lowest BCUT2D eigenvalue weighted by Crippen LogP contribution is -2.58. The van der Waals surface area contributed by atoms with Gasteiger partial charge in [-0.2, -0.15) is 5.06 Å². The van der Waals surface area contributed by atoms with E-state index in [9.17, 15) is 14.8 Å². The molecule has 36 heavy (non-hydrogen) atoms. The first-order valence-corrected chi connectivity index (χ1v) is 11.5. The van der Waals surface area contributed by atoms with Crippen LogP contribution < -0.4 is 19.7 Å². The van der Waals surface area contributed by atoms with Crippen LogP contribution in [-0.4, -0.2) is 53.2 Å². The molecule has 1 aliphatic rings. The standard InChI is InChI=1S/C27H30N4O5/c1-27(2)24(31(34)25(32)28-20-13-7-5-8-14-20)30(21-15-9-6-10-16-21)26(33)29(27)18-19-12-11-17-22(35-3)23(19)36-4/h5-17,24,34H,18H2,1-4H3,(H,28,32). The second kappa shape index (κ2) is 10.2. The molecular weight excluding hydrogens is 460 g/mol. The van der Waals surface area contributed by atoms with Crippen molar-refractivity contribution in [2.75, 3.05) is 24.4 Å². The molecule has 188 valence electrons. The zero-order chi connectivity index (χ0) is 25.9. The molecule has 2 N–H and O–H groups in total. The van der Waals surface area contributed by atoms with Crippen molar-refractivity contribution in [3.8, 4) is 11.5 Å². The van der Waals surface area contributed by atoms with E-state index in [1.807, 2.05) is 38.1 Å². The summed E-state index contributed by atoms with van der Waals surface area (Å²) in [6.45, 7) is 3.79. The fraction of sp³-hybridized carbons (Fsp3) is 0.259. The first-order valence-electron chi connectivity index (χ1n) is 11.5. The van der Waals surface area contributed by atoms with Gasteiger partial charge in [0, 0.05) is 16.9 Å². The smallest absolute Gasteiger partial charge is 0.347 e. The molecule has 1 unspecified atom stereocenters. The molecule has 0 radical (unpaired) electrons. The largest absolute Gasteiger partial charge is 0.493 e. The monoisotopic (exact) mass is 490 g/mol. The Morgan fingerprint density at radius 1 is 0.972 bits per heavy atom. The molecule has 3 aromatic carbocycles. The highest BCUT2D eigenvalue weighted by molar-refractivity contribution is 5.98. The van der Waals surface area contributed by atoms with Crippen molar-refractivity contribution < 1.29 is 24.3 Å². The molecule has 9 nitrogen and oxygen atoms in total. The molecule has 4 rings (SSSR count). The van der Waals surface area contributed by atoms with Gasteiger partial charge in [-0.1, -0.05) is 48.5 Å². The van der Waals surface area contributed by atoms with E-state index in [0.29, 0.717) is 27.9 Å². The third-order valence-corrected chi connectivity index (χ3v) is 6.32. The summed E-state index contributed by atoms with van der Waals surface area (Å²) in [6, 6.07) is 22.1. The Balaban J connectivity index is 1.73. The number of carbonyl (C=O) groups excluding carboxylic acids is 2. The predicted molar refractivity (Wildman–Crippen MR) is 136 cm³/mol. The van der Waals surface area contributed by atoms with Gasteiger partial charge < -0.3 is 19.7 Å². The SMILES string of the molecule is COc1cccc(CN2C(=O)N(c3ccccc3)C(N(O)C(=O)Nc3ccccc3)C2(C)C)c1OC. The van der Waals surface area contributed by atoms with Crippen LogP contribution >= 0.6 is 0 Å². The van der Waals surface area contributed by atoms with Crippen LogP contribution in [0.25, 0.3) is 0 Å². The quantitative estimate of drug-likeness (QED) is 0.352. The van der Waals surface area contributed by atoms with Crippen LogP contribution in [0.1, 0.15) is 19.4 Å². The Kier molecular flexibility index (Phi) is 7.03. The summed E-state index contributed by atoms with van der Waals surface area (Å²) in [4.78, 5) is 30.0. The fourth-order valence-electron chi connectivity index (χ4n) is 4.52. The maximum atomic E-state index is 13.9. The number of methoxy groups -OCH3 is 2. The number of carbonyl (C=O) groups is 2. The van der Waals surface area contributed by atoms with Gasteiger partial charge in [-0.3, -0.25) is 10.1 Å². The molecule has 0 saturated carbocycles. The number of urea groups is 2. The molecular formula is C27H30N4O5. The number of hydrogen-bond acceptors (Lipinski definition) is 5. The van der Waals surface area contributed by atoms with Crippen LogP contribution in [0.2, 0.25) is 0 Å². The third kappa shape index (κ3) is 4.52. The minimum Gasteiger partial charge on any atom is -0.493 e. The van der Waals surface area contributed by atoms with Crippen LogP contribution in [0.3, 0.4) is 0 Å². The molecule has 0 bridgehead atoms. The lowest BCUT2D eigenvalue weighted by atomic mass is 9.98. The molecule has 3 aromatic rings. The van der Waals surface area contributed by atoms with Crippen molar-refractivity contribution in [3.05, 3.63) is 84.4 Å². The first-order chi connectivity index (χ1) is 17.3. The highest BCUT2D eigenvalue weighted by Gasteiger charge is 2.56. The summed E-state index contributed by atoms with van der Waals surface area (Å²) in [5.74, 6) is 1.06. The maximum Gasteiger partial charge on any atom is 0.347 e. The number of benzene rings is 3. The molecule has 1 heterocycles. The Hall–Kier alpha value is -4.24. The lowest BCUT2D eigenvalue weighted by molar-refractivity contribution is -0.0955. The summed E-state index contributed by atoms with van der Waals surface area (Å²) < 4.78 is 11.0. The van der Waals surface area contributed by atoms with E-state index >= 15 is 0 Å². The summed E-state index contributed by atoms with van der Waals surface area (Å²) in [5, 5.41) is 14.5. The predicted octanol–water partition coefficient (Wildman–Crippen LogP) is 5.17. The molecule has 0 aromatic heterocycles. The highest BCUT2D eigenvalue weighted by atomic mass is 16.5. The number of nitrogens with one attached hydrogen (secondary N) is 1. The lowest BCUT2D eigenvalue weighted by Gasteiger charge is -2.38. The Morgan fingerprint density at radius 3 is 2.22 bits per heavy atom. The van der Waals surface area contributed by atoms with Gasteiger partial charge in [0.25, 0.3) is 0 Å². The molecule has 1 aliphatic heterocycles. The molecule has 1 fully saturated rings. The van der Waals surface area contributed by atoms with Crippen LogP contribution in [0.4, 0.5) is 21.0 Å².